The maximum Gasteiger partial charge on any atom is 0.334 e. The van der Waals surface area contributed by atoms with Gasteiger partial charge in [-0.15, -0.1) is 0 Å². The van der Waals surface area contributed by atoms with Gasteiger partial charge in [0.2, 0.25) is 0 Å². The summed E-state index contributed by atoms with van der Waals surface area (Å²) in [5.74, 6) is -0.346. The van der Waals surface area contributed by atoms with E-state index >= 15 is 0 Å². The zero-order valence-corrected chi connectivity index (χ0v) is 10.0. The van der Waals surface area contributed by atoms with Crippen LogP contribution in [0, 0.1) is 0 Å². The lowest BCUT2D eigenvalue weighted by Crippen LogP contribution is -2.50. The Morgan fingerprint density at radius 2 is 2.38 bits per heavy atom. The molecule has 5 nitrogen and oxygen atoms in total. The van der Waals surface area contributed by atoms with Gasteiger partial charge >= 0.3 is 5.97 Å². The molecule has 1 aliphatic heterocycles. The molecule has 1 aliphatic rings. The molecule has 1 saturated heterocycles. The number of hydrogen-bond donors (Lipinski definition) is 1. The molecule has 1 fully saturated rings. The minimum atomic E-state index is -0.592. The number of carbonyl (C=O) groups is 1. The summed E-state index contributed by atoms with van der Waals surface area (Å²) in [6.07, 6.45) is 1.14. The molecule has 0 aromatic rings. The van der Waals surface area contributed by atoms with Gasteiger partial charge in [0.15, 0.2) is 6.10 Å². The molecule has 2 atom stereocenters. The molecule has 0 radical (unpaired) electrons. The van der Waals surface area contributed by atoms with E-state index in [9.17, 15) is 4.79 Å². The topological polar surface area (TPSA) is 70.8 Å². The first-order valence-corrected chi connectivity index (χ1v) is 5.76. The third-order valence-electron chi connectivity index (χ3n) is 2.70. The van der Waals surface area contributed by atoms with Crippen molar-refractivity contribution in [3.05, 3.63) is 0 Å². The van der Waals surface area contributed by atoms with Gasteiger partial charge in [0.1, 0.15) is 5.60 Å². The van der Waals surface area contributed by atoms with Gasteiger partial charge in [-0.2, -0.15) is 0 Å². The van der Waals surface area contributed by atoms with E-state index in [0.717, 1.165) is 19.4 Å². The van der Waals surface area contributed by atoms with Crippen molar-refractivity contribution in [2.24, 2.45) is 5.73 Å². The van der Waals surface area contributed by atoms with E-state index in [1.54, 1.807) is 13.8 Å². The molecule has 1 heterocycles. The third kappa shape index (κ3) is 3.43. The zero-order chi connectivity index (χ0) is 12.0. The molecular weight excluding hydrogens is 210 g/mol. The highest BCUT2D eigenvalue weighted by Gasteiger charge is 2.36. The van der Waals surface area contributed by atoms with Crippen molar-refractivity contribution < 1.29 is 19.0 Å². The number of nitrogens with two attached hydrogens (primary N) is 1. The second kappa shape index (κ2) is 6.18. The minimum Gasteiger partial charge on any atom is -0.464 e. The molecule has 0 spiro atoms. The molecule has 5 heteroatoms. The van der Waals surface area contributed by atoms with Gasteiger partial charge in [-0.05, 0) is 26.7 Å². The van der Waals surface area contributed by atoms with Crippen LogP contribution in [0.15, 0.2) is 0 Å². The predicted octanol–water partition coefficient (Wildman–Crippen LogP) is 0.463. The van der Waals surface area contributed by atoms with Crippen LogP contribution in [0.3, 0.4) is 0 Å². The Morgan fingerprint density at radius 1 is 1.62 bits per heavy atom. The van der Waals surface area contributed by atoms with E-state index in [-0.39, 0.29) is 5.97 Å². The average molecular weight is 231 g/mol. The maximum atomic E-state index is 11.4. The normalized spacial score (nSPS) is 27.4. The van der Waals surface area contributed by atoms with Gasteiger partial charge in [0.25, 0.3) is 0 Å². The van der Waals surface area contributed by atoms with Crippen LogP contribution in [0.2, 0.25) is 0 Å². The third-order valence-corrected chi connectivity index (χ3v) is 2.70. The fourth-order valence-electron chi connectivity index (χ4n) is 1.81. The highest BCUT2D eigenvalue weighted by molar-refractivity contribution is 5.74. The molecule has 94 valence electrons. The van der Waals surface area contributed by atoms with Crippen LogP contribution >= 0.6 is 0 Å². The molecule has 0 aromatic carbocycles. The van der Waals surface area contributed by atoms with Crippen LogP contribution in [-0.2, 0) is 19.0 Å². The SMILES string of the molecule is CCOC(=O)C(C)OC1(CN)CCCOC1. The quantitative estimate of drug-likeness (QED) is 0.696. The van der Waals surface area contributed by atoms with Gasteiger partial charge in [-0.1, -0.05) is 0 Å². The molecule has 0 bridgehead atoms. The molecule has 16 heavy (non-hydrogen) atoms. The molecule has 0 aromatic heterocycles. The first-order valence-electron chi connectivity index (χ1n) is 5.76. The van der Waals surface area contributed by atoms with Crippen molar-refractivity contribution in [1.29, 1.82) is 0 Å². The number of esters is 1. The summed E-state index contributed by atoms with van der Waals surface area (Å²) < 4.78 is 16.0. The van der Waals surface area contributed by atoms with Crippen LogP contribution in [0.5, 0.6) is 0 Å². The van der Waals surface area contributed by atoms with Crippen molar-refractivity contribution in [2.75, 3.05) is 26.4 Å². The summed E-state index contributed by atoms with van der Waals surface area (Å²) in [6.45, 7) is 5.36. The lowest BCUT2D eigenvalue weighted by atomic mass is 9.96. The number of rotatable bonds is 5. The van der Waals surface area contributed by atoms with Gasteiger partial charge < -0.3 is 19.9 Å². The molecular formula is C11H21NO4. The van der Waals surface area contributed by atoms with Crippen LogP contribution < -0.4 is 5.73 Å². The largest absolute Gasteiger partial charge is 0.464 e. The van der Waals surface area contributed by atoms with Crippen molar-refractivity contribution in [2.45, 2.75) is 38.4 Å². The Labute approximate surface area is 96.2 Å². The van der Waals surface area contributed by atoms with E-state index in [0.29, 0.717) is 19.8 Å². The van der Waals surface area contributed by atoms with Crippen molar-refractivity contribution in [3.63, 3.8) is 0 Å². The van der Waals surface area contributed by atoms with E-state index in [1.807, 2.05) is 0 Å². The smallest absolute Gasteiger partial charge is 0.334 e. The fraction of sp³-hybridized carbons (Fsp3) is 0.909. The van der Waals surface area contributed by atoms with E-state index in [4.69, 9.17) is 19.9 Å². The first kappa shape index (κ1) is 13.4. The summed E-state index contributed by atoms with van der Waals surface area (Å²) >= 11 is 0. The molecule has 0 amide bonds. The summed E-state index contributed by atoms with van der Waals surface area (Å²) in [4.78, 5) is 11.4. The lowest BCUT2D eigenvalue weighted by Gasteiger charge is -2.37. The monoisotopic (exact) mass is 231 g/mol. The molecule has 2 unspecified atom stereocenters. The maximum absolute atomic E-state index is 11.4. The van der Waals surface area contributed by atoms with E-state index in [2.05, 4.69) is 0 Å². The average Bonchev–Trinajstić information content (AvgIpc) is 2.30. The van der Waals surface area contributed by atoms with Gasteiger partial charge in [-0.3, -0.25) is 0 Å². The van der Waals surface area contributed by atoms with Crippen LogP contribution in [0.25, 0.3) is 0 Å². The molecule has 0 saturated carbocycles. The van der Waals surface area contributed by atoms with E-state index in [1.165, 1.54) is 0 Å². The van der Waals surface area contributed by atoms with Crippen molar-refractivity contribution in [1.82, 2.24) is 0 Å². The summed E-state index contributed by atoms with van der Waals surface area (Å²) in [7, 11) is 0. The van der Waals surface area contributed by atoms with Crippen molar-refractivity contribution >= 4 is 5.97 Å². The highest BCUT2D eigenvalue weighted by Crippen LogP contribution is 2.24. The minimum absolute atomic E-state index is 0.346. The Morgan fingerprint density at radius 3 is 2.88 bits per heavy atom. The standard InChI is InChI=1S/C11H21NO4/c1-3-15-10(13)9(2)16-11(7-12)5-4-6-14-8-11/h9H,3-8,12H2,1-2H3. The predicted molar refractivity (Wildman–Crippen MR) is 59.0 cm³/mol. The van der Waals surface area contributed by atoms with Gasteiger partial charge in [-0.25, -0.2) is 4.79 Å². The number of carbonyl (C=O) groups excluding carboxylic acids is 1. The number of ether oxygens (including phenoxy) is 3. The second-order valence-electron chi connectivity index (χ2n) is 4.06. The van der Waals surface area contributed by atoms with Crippen molar-refractivity contribution in [3.8, 4) is 0 Å². The van der Waals surface area contributed by atoms with E-state index < -0.39 is 11.7 Å². The fourth-order valence-corrected chi connectivity index (χ4v) is 1.81. The van der Waals surface area contributed by atoms with Crippen LogP contribution in [-0.4, -0.2) is 44.0 Å². The Balaban J connectivity index is 2.51. The van der Waals surface area contributed by atoms with Crippen LogP contribution in [0.1, 0.15) is 26.7 Å². The second-order valence-corrected chi connectivity index (χ2v) is 4.06. The molecule has 1 rings (SSSR count). The zero-order valence-electron chi connectivity index (χ0n) is 10.0. The summed E-state index contributed by atoms with van der Waals surface area (Å²) in [5.41, 5.74) is 5.18. The van der Waals surface area contributed by atoms with Gasteiger partial charge in [0.05, 0.1) is 13.2 Å². The van der Waals surface area contributed by atoms with Gasteiger partial charge in [0, 0.05) is 13.2 Å². The number of hydrogen-bond acceptors (Lipinski definition) is 5. The first-order chi connectivity index (χ1) is 7.63. The molecule has 2 N–H and O–H groups in total. The Kier molecular flexibility index (Phi) is 5.18. The lowest BCUT2D eigenvalue weighted by molar-refractivity contribution is -0.182. The Hall–Kier alpha value is -0.650. The summed E-state index contributed by atoms with van der Waals surface area (Å²) in [5, 5.41) is 0. The Bertz CT molecular complexity index is 226. The molecule has 0 aliphatic carbocycles. The van der Waals surface area contributed by atoms with Crippen LogP contribution in [0.4, 0.5) is 0 Å². The summed E-state index contributed by atoms with van der Waals surface area (Å²) in [6, 6.07) is 0. The highest BCUT2D eigenvalue weighted by atomic mass is 16.6.